The van der Waals surface area contributed by atoms with Gasteiger partial charge in [0.2, 0.25) is 11.8 Å². The predicted octanol–water partition coefficient (Wildman–Crippen LogP) is 8.05. The van der Waals surface area contributed by atoms with Gasteiger partial charge in [-0.2, -0.15) is 0 Å². The van der Waals surface area contributed by atoms with Crippen molar-refractivity contribution in [2.24, 2.45) is 9.98 Å². The second-order valence-electron chi connectivity index (χ2n) is 8.50. The zero-order valence-corrected chi connectivity index (χ0v) is 20.5. The van der Waals surface area contributed by atoms with Gasteiger partial charge < -0.3 is 9.47 Å². The highest BCUT2D eigenvalue weighted by atomic mass is 16.5. The third-order valence-electron chi connectivity index (χ3n) is 5.97. The van der Waals surface area contributed by atoms with E-state index in [0.717, 1.165) is 39.4 Å². The van der Waals surface area contributed by atoms with E-state index in [1.54, 1.807) is 0 Å². The summed E-state index contributed by atoms with van der Waals surface area (Å²) < 4.78 is 12.3. The molecule has 0 N–H and O–H groups in total. The Kier molecular flexibility index (Phi) is 7.04. The Bertz CT molecular complexity index is 1420. The zero-order chi connectivity index (χ0) is 24.7. The van der Waals surface area contributed by atoms with E-state index in [9.17, 15) is 0 Å². The Hall–Kier alpha value is -4.44. The molecular formula is C32H28N2O2. The molecule has 36 heavy (non-hydrogen) atoms. The predicted molar refractivity (Wildman–Crippen MR) is 147 cm³/mol. The van der Waals surface area contributed by atoms with Crippen molar-refractivity contribution in [2.45, 2.75) is 19.8 Å². The molecule has 0 saturated carbocycles. The van der Waals surface area contributed by atoms with Gasteiger partial charge in [0.25, 0.3) is 0 Å². The number of allylic oxidation sites excluding steroid dienone is 1. The van der Waals surface area contributed by atoms with E-state index in [-0.39, 0.29) is 5.92 Å². The number of aliphatic imine (C=N–C) groups is 2. The van der Waals surface area contributed by atoms with Crippen molar-refractivity contribution in [1.82, 2.24) is 0 Å². The maximum Gasteiger partial charge on any atom is 0.227 e. The summed E-state index contributed by atoms with van der Waals surface area (Å²) >= 11 is 0. The summed E-state index contributed by atoms with van der Waals surface area (Å²) in [6.45, 7) is 4.67. The van der Waals surface area contributed by atoms with Crippen LogP contribution < -0.4 is 0 Å². The molecule has 1 atom stereocenters. The van der Waals surface area contributed by atoms with Crippen LogP contribution in [0.3, 0.4) is 0 Å². The summed E-state index contributed by atoms with van der Waals surface area (Å²) in [4.78, 5) is 9.71. The standard InChI is InChI=1S/C32H28N2O2/c1-3-35-31(24-14-6-4-7-15-24)33-28-20-12-10-18-26(28)23(2)22-30-27-19-11-13-21-29(27)34-32(36-30)25-16-8-5-9-17-25/h4-23H,3H2,1-2H3. The minimum atomic E-state index is 0.0294. The Morgan fingerprint density at radius 3 is 2.31 bits per heavy atom. The van der Waals surface area contributed by atoms with Crippen LogP contribution in [0.1, 0.15) is 42.0 Å². The average Bonchev–Trinajstić information content (AvgIpc) is 2.94. The van der Waals surface area contributed by atoms with Gasteiger partial charge in [-0.15, -0.1) is 0 Å². The van der Waals surface area contributed by atoms with Crippen molar-refractivity contribution in [3.05, 3.63) is 138 Å². The van der Waals surface area contributed by atoms with Crippen LogP contribution in [0.15, 0.2) is 125 Å². The molecule has 0 fully saturated rings. The van der Waals surface area contributed by atoms with Gasteiger partial charge in [-0.1, -0.05) is 73.7 Å². The van der Waals surface area contributed by atoms with Crippen LogP contribution >= 0.6 is 0 Å². The fourth-order valence-electron chi connectivity index (χ4n) is 4.20. The van der Waals surface area contributed by atoms with Crippen LogP contribution in [0.4, 0.5) is 11.4 Å². The fraction of sp³-hybridized carbons (Fsp3) is 0.125. The zero-order valence-electron chi connectivity index (χ0n) is 20.5. The van der Waals surface area contributed by atoms with Gasteiger partial charge in [-0.3, -0.25) is 0 Å². The summed E-state index contributed by atoms with van der Waals surface area (Å²) in [6, 6.07) is 36.2. The summed E-state index contributed by atoms with van der Waals surface area (Å²) in [5, 5.41) is 0. The number of ether oxygens (including phenoxy) is 2. The van der Waals surface area contributed by atoms with Crippen molar-refractivity contribution in [1.29, 1.82) is 0 Å². The number of rotatable bonds is 6. The van der Waals surface area contributed by atoms with Crippen LogP contribution in [0.5, 0.6) is 0 Å². The Morgan fingerprint density at radius 1 is 0.861 bits per heavy atom. The number of hydrogen-bond acceptors (Lipinski definition) is 4. The molecule has 4 aromatic rings. The van der Waals surface area contributed by atoms with Crippen molar-refractivity contribution in [3.63, 3.8) is 0 Å². The SMILES string of the molecule is CCOC(=Nc1ccccc1C(C)C=C1OC(c2ccccc2)=Nc2ccccc21)c1ccccc1. The molecule has 0 amide bonds. The van der Waals surface area contributed by atoms with E-state index in [1.165, 1.54) is 0 Å². The van der Waals surface area contributed by atoms with Crippen molar-refractivity contribution in [2.75, 3.05) is 6.61 Å². The quantitative estimate of drug-likeness (QED) is 0.210. The van der Waals surface area contributed by atoms with Gasteiger partial charge in [-0.25, -0.2) is 9.98 Å². The summed E-state index contributed by atoms with van der Waals surface area (Å²) in [5.41, 5.74) is 5.73. The topological polar surface area (TPSA) is 43.2 Å². The van der Waals surface area contributed by atoms with Crippen LogP contribution in [-0.4, -0.2) is 18.4 Å². The Morgan fingerprint density at radius 2 is 1.53 bits per heavy atom. The molecular weight excluding hydrogens is 444 g/mol. The maximum absolute atomic E-state index is 6.37. The van der Waals surface area contributed by atoms with Crippen LogP contribution in [-0.2, 0) is 9.47 Å². The molecule has 0 bridgehead atoms. The third-order valence-corrected chi connectivity index (χ3v) is 5.97. The molecule has 0 spiro atoms. The van der Waals surface area contributed by atoms with Crippen LogP contribution in [0.25, 0.3) is 5.76 Å². The molecule has 4 heteroatoms. The van der Waals surface area contributed by atoms with Gasteiger partial charge >= 0.3 is 0 Å². The number of para-hydroxylation sites is 2. The van der Waals surface area contributed by atoms with Gasteiger partial charge in [0.05, 0.1) is 18.0 Å². The third kappa shape index (κ3) is 5.13. The van der Waals surface area contributed by atoms with E-state index >= 15 is 0 Å². The highest BCUT2D eigenvalue weighted by Gasteiger charge is 2.21. The van der Waals surface area contributed by atoms with Gasteiger partial charge in [0.1, 0.15) is 5.76 Å². The minimum absolute atomic E-state index is 0.0294. The first-order valence-electron chi connectivity index (χ1n) is 12.2. The van der Waals surface area contributed by atoms with Crippen molar-refractivity contribution in [3.8, 4) is 0 Å². The molecule has 1 aliphatic heterocycles. The highest BCUT2D eigenvalue weighted by Crippen LogP contribution is 2.37. The van der Waals surface area contributed by atoms with Gasteiger partial charge in [0.15, 0.2) is 0 Å². The normalized spacial score (nSPS) is 15.0. The molecule has 1 heterocycles. The number of nitrogens with zero attached hydrogens (tertiary/aromatic N) is 2. The van der Waals surface area contributed by atoms with E-state index in [4.69, 9.17) is 19.5 Å². The molecule has 1 aliphatic rings. The lowest BCUT2D eigenvalue weighted by Crippen LogP contribution is -2.11. The molecule has 4 nitrogen and oxygen atoms in total. The first-order valence-corrected chi connectivity index (χ1v) is 12.2. The van der Waals surface area contributed by atoms with E-state index in [2.05, 4.69) is 19.1 Å². The van der Waals surface area contributed by atoms with Gasteiger partial charge in [-0.05, 0) is 61.0 Å². The van der Waals surface area contributed by atoms with E-state index < -0.39 is 0 Å². The van der Waals surface area contributed by atoms with E-state index in [1.807, 2.05) is 110 Å². The minimum Gasteiger partial charge on any atom is -0.478 e. The first kappa shape index (κ1) is 23.3. The molecule has 0 aliphatic carbocycles. The summed E-state index contributed by atoms with van der Waals surface area (Å²) in [7, 11) is 0. The molecule has 178 valence electrons. The van der Waals surface area contributed by atoms with Crippen molar-refractivity contribution >= 4 is 28.9 Å². The molecule has 0 aromatic heterocycles. The van der Waals surface area contributed by atoms with Gasteiger partial charge in [0, 0.05) is 22.6 Å². The second kappa shape index (κ2) is 10.9. The summed E-state index contributed by atoms with van der Waals surface area (Å²) in [6.07, 6.45) is 2.15. The lowest BCUT2D eigenvalue weighted by molar-refractivity contribution is 0.329. The molecule has 5 rings (SSSR count). The average molecular weight is 473 g/mol. The molecule has 1 unspecified atom stereocenters. The molecule has 0 radical (unpaired) electrons. The molecule has 4 aromatic carbocycles. The lowest BCUT2D eigenvalue weighted by atomic mass is 9.96. The number of benzene rings is 4. The molecule has 0 saturated heterocycles. The largest absolute Gasteiger partial charge is 0.478 e. The maximum atomic E-state index is 6.37. The Balaban J connectivity index is 1.53. The summed E-state index contributed by atoms with van der Waals surface area (Å²) in [5.74, 6) is 2.03. The van der Waals surface area contributed by atoms with E-state index in [0.29, 0.717) is 18.4 Å². The fourth-order valence-corrected chi connectivity index (χ4v) is 4.20. The first-order chi connectivity index (χ1) is 17.7. The smallest absolute Gasteiger partial charge is 0.227 e. The van der Waals surface area contributed by atoms with Crippen molar-refractivity contribution < 1.29 is 9.47 Å². The van der Waals surface area contributed by atoms with Crippen LogP contribution in [0, 0.1) is 0 Å². The number of fused-ring (bicyclic) bond motifs is 1. The Labute approximate surface area is 212 Å². The second-order valence-corrected chi connectivity index (χ2v) is 8.50. The van der Waals surface area contributed by atoms with Crippen LogP contribution in [0.2, 0.25) is 0 Å². The highest BCUT2D eigenvalue weighted by molar-refractivity contribution is 6.02. The number of hydrogen-bond donors (Lipinski definition) is 0. The monoisotopic (exact) mass is 472 g/mol. The lowest BCUT2D eigenvalue weighted by Gasteiger charge is -2.21.